The average molecular weight is 366 g/mol. The predicted octanol–water partition coefficient (Wildman–Crippen LogP) is 3.22. The van der Waals surface area contributed by atoms with Gasteiger partial charge < -0.3 is 20.1 Å². The van der Waals surface area contributed by atoms with Crippen molar-refractivity contribution in [2.75, 3.05) is 7.11 Å². The van der Waals surface area contributed by atoms with Crippen molar-refractivity contribution in [1.29, 1.82) is 0 Å². The molecule has 0 bridgehead atoms. The van der Waals surface area contributed by atoms with Crippen LogP contribution in [0.25, 0.3) is 0 Å². The predicted molar refractivity (Wildman–Crippen MR) is 105 cm³/mol. The quantitative estimate of drug-likeness (QED) is 0.250. The van der Waals surface area contributed by atoms with Crippen molar-refractivity contribution in [3.05, 3.63) is 48.6 Å². The van der Waals surface area contributed by atoms with Crippen LogP contribution < -0.4 is 0 Å². The van der Waals surface area contributed by atoms with E-state index in [1.807, 2.05) is 18.2 Å². The SMILES string of the molecule is CCCCC[C@H](O)/C=C/C=C/C=C/C=C/[C@@H](O)[C@@H](O)CCCC(=O)OC. The molecule has 0 amide bonds. The van der Waals surface area contributed by atoms with Gasteiger partial charge in [0.2, 0.25) is 0 Å². The van der Waals surface area contributed by atoms with Crippen LogP contribution in [0.5, 0.6) is 0 Å². The third kappa shape index (κ3) is 14.6. The first-order valence-electron chi connectivity index (χ1n) is 9.30. The maximum atomic E-state index is 11.0. The van der Waals surface area contributed by atoms with Gasteiger partial charge in [0.15, 0.2) is 0 Å². The minimum absolute atomic E-state index is 0.232. The topological polar surface area (TPSA) is 87.0 Å². The second kappa shape index (κ2) is 16.8. The summed E-state index contributed by atoms with van der Waals surface area (Å²) in [6, 6.07) is 0. The fourth-order valence-electron chi connectivity index (χ4n) is 2.18. The lowest BCUT2D eigenvalue weighted by Gasteiger charge is -2.13. The Hall–Kier alpha value is -1.69. The fraction of sp³-hybridized carbons (Fsp3) is 0.571. The first-order valence-corrected chi connectivity index (χ1v) is 9.30. The highest BCUT2D eigenvalue weighted by Gasteiger charge is 2.13. The van der Waals surface area contributed by atoms with E-state index in [-0.39, 0.29) is 12.4 Å². The van der Waals surface area contributed by atoms with E-state index in [1.165, 1.54) is 13.2 Å². The normalized spacial score (nSPS) is 16.0. The van der Waals surface area contributed by atoms with Crippen molar-refractivity contribution < 1.29 is 24.9 Å². The van der Waals surface area contributed by atoms with E-state index >= 15 is 0 Å². The molecular weight excluding hydrogens is 332 g/mol. The molecule has 0 saturated heterocycles. The highest BCUT2D eigenvalue weighted by Crippen LogP contribution is 2.07. The molecule has 0 spiro atoms. The molecule has 0 aliphatic heterocycles. The van der Waals surface area contributed by atoms with Crippen LogP contribution in [-0.4, -0.2) is 46.7 Å². The number of hydrogen-bond acceptors (Lipinski definition) is 5. The van der Waals surface area contributed by atoms with Crippen LogP contribution in [-0.2, 0) is 9.53 Å². The van der Waals surface area contributed by atoms with Crippen LogP contribution in [0.4, 0.5) is 0 Å². The van der Waals surface area contributed by atoms with Crippen LogP contribution in [0.2, 0.25) is 0 Å². The van der Waals surface area contributed by atoms with Crippen LogP contribution in [0.15, 0.2) is 48.6 Å². The summed E-state index contributed by atoms with van der Waals surface area (Å²) in [4.78, 5) is 11.0. The van der Waals surface area contributed by atoms with Gasteiger partial charge in [0, 0.05) is 6.42 Å². The lowest BCUT2D eigenvalue weighted by Crippen LogP contribution is -2.23. The molecular formula is C21H34O5. The van der Waals surface area contributed by atoms with E-state index in [1.54, 1.807) is 24.3 Å². The highest BCUT2D eigenvalue weighted by molar-refractivity contribution is 5.68. The lowest BCUT2D eigenvalue weighted by molar-refractivity contribution is -0.140. The van der Waals surface area contributed by atoms with Gasteiger partial charge in [0.25, 0.3) is 0 Å². The van der Waals surface area contributed by atoms with Crippen molar-refractivity contribution >= 4 is 5.97 Å². The Bertz CT molecular complexity index is 465. The summed E-state index contributed by atoms with van der Waals surface area (Å²) in [6.07, 6.45) is 16.8. The molecule has 26 heavy (non-hydrogen) atoms. The summed E-state index contributed by atoms with van der Waals surface area (Å²) in [6.45, 7) is 2.14. The fourth-order valence-corrected chi connectivity index (χ4v) is 2.18. The molecule has 0 aliphatic carbocycles. The summed E-state index contributed by atoms with van der Waals surface area (Å²) in [5.41, 5.74) is 0. The molecule has 0 heterocycles. The summed E-state index contributed by atoms with van der Waals surface area (Å²) < 4.78 is 4.52. The Morgan fingerprint density at radius 2 is 1.50 bits per heavy atom. The van der Waals surface area contributed by atoms with Gasteiger partial charge in [-0.05, 0) is 19.3 Å². The van der Waals surface area contributed by atoms with E-state index in [9.17, 15) is 20.1 Å². The number of methoxy groups -OCH3 is 1. The van der Waals surface area contributed by atoms with Gasteiger partial charge in [-0.15, -0.1) is 0 Å². The van der Waals surface area contributed by atoms with E-state index in [2.05, 4.69) is 11.7 Å². The molecule has 5 nitrogen and oxygen atoms in total. The van der Waals surface area contributed by atoms with Gasteiger partial charge >= 0.3 is 5.97 Å². The van der Waals surface area contributed by atoms with Gasteiger partial charge in [0.05, 0.1) is 25.4 Å². The second-order valence-electron chi connectivity index (χ2n) is 6.13. The third-order valence-electron chi connectivity index (χ3n) is 3.80. The number of ether oxygens (including phenoxy) is 1. The number of aliphatic hydroxyl groups is 3. The Balaban J connectivity index is 3.98. The summed E-state index contributed by atoms with van der Waals surface area (Å²) >= 11 is 0. The average Bonchev–Trinajstić information content (AvgIpc) is 2.63. The molecule has 5 heteroatoms. The van der Waals surface area contributed by atoms with Gasteiger partial charge in [-0.2, -0.15) is 0 Å². The second-order valence-corrected chi connectivity index (χ2v) is 6.13. The van der Waals surface area contributed by atoms with Gasteiger partial charge in [-0.3, -0.25) is 4.79 Å². The van der Waals surface area contributed by atoms with Crippen molar-refractivity contribution in [2.24, 2.45) is 0 Å². The Kier molecular flexibility index (Phi) is 15.7. The number of esters is 1. The van der Waals surface area contributed by atoms with Crippen LogP contribution in [0.3, 0.4) is 0 Å². The van der Waals surface area contributed by atoms with Crippen molar-refractivity contribution in [2.45, 2.75) is 70.2 Å². The molecule has 0 saturated carbocycles. The molecule has 0 fully saturated rings. The number of unbranched alkanes of at least 4 members (excludes halogenated alkanes) is 2. The van der Waals surface area contributed by atoms with Gasteiger partial charge in [-0.25, -0.2) is 0 Å². The zero-order valence-corrected chi connectivity index (χ0v) is 16.0. The molecule has 0 aliphatic rings. The maximum Gasteiger partial charge on any atom is 0.305 e. The Morgan fingerprint density at radius 1 is 0.885 bits per heavy atom. The number of carbonyl (C=O) groups is 1. The van der Waals surface area contributed by atoms with E-state index in [0.717, 1.165) is 25.7 Å². The maximum absolute atomic E-state index is 11.0. The number of allylic oxidation sites excluding steroid dienone is 6. The first kappa shape index (κ1) is 24.3. The molecule has 3 atom stereocenters. The van der Waals surface area contributed by atoms with E-state index in [0.29, 0.717) is 12.8 Å². The number of carbonyl (C=O) groups excluding carboxylic acids is 1. The molecule has 0 aromatic rings. The minimum Gasteiger partial charge on any atom is -0.469 e. The summed E-state index contributed by atoms with van der Waals surface area (Å²) in [5, 5.41) is 29.3. The third-order valence-corrected chi connectivity index (χ3v) is 3.80. The molecule has 0 aromatic heterocycles. The van der Waals surface area contributed by atoms with Gasteiger partial charge in [0.1, 0.15) is 0 Å². The smallest absolute Gasteiger partial charge is 0.305 e. The summed E-state index contributed by atoms with van der Waals surface area (Å²) in [7, 11) is 1.32. The molecule has 148 valence electrons. The first-order chi connectivity index (χ1) is 12.5. The van der Waals surface area contributed by atoms with E-state index < -0.39 is 18.3 Å². The number of rotatable bonds is 14. The largest absolute Gasteiger partial charge is 0.469 e. The Labute approximate surface area is 157 Å². The van der Waals surface area contributed by atoms with E-state index in [4.69, 9.17) is 0 Å². The van der Waals surface area contributed by atoms with Gasteiger partial charge in [-0.1, -0.05) is 74.8 Å². The van der Waals surface area contributed by atoms with Crippen LogP contribution in [0, 0.1) is 0 Å². The van der Waals surface area contributed by atoms with Crippen molar-refractivity contribution in [1.82, 2.24) is 0 Å². The molecule has 3 N–H and O–H groups in total. The lowest BCUT2D eigenvalue weighted by atomic mass is 10.1. The number of aliphatic hydroxyl groups excluding tert-OH is 3. The van der Waals surface area contributed by atoms with Crippen LogP contribution in [0.1, 0.15) is 51.9 Å². The van der Waals surface area contributed by atoms with Crippen molar-refractivity contribution in [3.8, 4) is 0 Å². The molecule has 0 unspecified atom stereocenters. The van der Waals surface area contributed by atoms with Crippen LogP contribution >= 0.6 is 0 Å². The van der Waals surface area contributed by atoms with Crippen molar-refractivity contribution in [3.63, 3.8) is 0 Å². The number of hydrogen-bond donors (Lipinski definition) is 3. The standard InChI is InChI=1S/C21H34O5/c1-3-4-9-13-18(22)14-10-7-5-6-8-11-15-19(23)20(24)16-12-17-21(25)26-2/h5-8,10-11,14-15,18-20,22-24H,3-4,9,12-13,16-17H2,1-2H3/b7-5+,8-6+,14-10+,15-11+/t18-,19+,20-/m0/s1. The molecule has 0 radical (unpaired) electrons. The minimum atomic E-state index is -0.973. The summed E-state index contributed by atoms with van der Waals surface area (Å²) in [5.74, 6) is -0.320. The highest BCUT2D eigenvalue weighted by atomic mass is 16.5. The monoisotopic (exact) mass is 366 g/mol. The Morgan fingerprint density at radius 3 is 2.12 bits per heavy atom. The zero-order valence-electron chi connectivity index (χ0n) is 16.0. The molecule has 0 rings (SSSR count). The zero-order chi connectivity index (χ0) is 19.6. The molecule has 0 aromatic carbocycles.